The largest absolute Gasteiger partial charge is 0.497 e. The first-order chi connectivity index (χ1) is 18.0. The Morgan fingerprint density at radius 3 is 2.27 bits per heavy atom. The van der Waals surface area contributed by atoms with E-state index in [4.69, 9.17) is 9.72 Å². The van der Waals surface area contributed by atoms with Gasteiger partial charge in [0.05, 0.1) is 18.1 Å². The van der Waals surface area contributed by atoms with Crippen LogP contribution in [0, 0.1) is 5.92 Å². The number of ether oxygens (including phenoxy) is 1. The van der Waals surface area contributed by atoms with Gasteiger partial charge in [0.25, 0.3) is 5.91 Å². The minimum absolute atomic E-state index is 0.0295. The summed E-state index contributed by atoms with van der Waals surface area (Å²) in [5, 5.41) is 2.91. The Morgan fingerprint density at radius 1 is 0.919 bits per heavy atom. The van der Waals surface area contributed by atoms with E-state index in [9.17, 15) is 9.59 Å². The highest BCUT2D eigenvalue weighted by atomic mass is 16.5. The molecule has 0 unspecified atom stereocenters. The molecule has 6 nitrogen and oxygen atoms in total. The fourth-order valence-corrected chi connectivity index (χ4v) is 4.94. The maximum atomic E-state index is 13.2. The van der Waals surface area contributed by atoms with Gasteiger partial charge in [0.1, 0.15) is 11.6 Å². The maximum Gasteiger partial charge on any atom is 0.255 e. The van der Waals surface area contributed by atoms with E-state index in [1.54, 1.807) is 31.4 Å². The second-order valence-corrected chi connectivity index (χ2v) is 9.62. The van der Waals surface area contributed by atoms with Crippen molar-refractivity contribution in [2.75, 3.05) is 12.4 Å². The Labute approximate surface area is 216 Å². The van der Waals surface area contributed by atoms with E-state index in [0.29, 0.717) is 28.4 Å². The van der Waals surface area contributed by atoms with Crippen molar-refractivity contribution >= 4 is 28.4 Å². The number of carbonyl (C=O) groups excluding carboxylic acids is 2. The van der Waals surface area contributed by atoms with E-state index in [0.717, 1.165) is 35.0 Å². The molecule has 2 N–H and O–H groups in total. The number of amides is 1. The third-order valence-electron chi connectivity index (χ3n) is 7.15. The van der Waals surface area contributed by atoms with Crippen LogP contribution < -0.4 is 10.1 Å². The summed E-state index contributed by atoms with van der Waals surface area (Å²) < 4.78 is 5.14. The molecule has 1 aromatic heterocycles. The van der Waals surface area contributed by atoms with Gasteiger partial charge in [-0.3, -0.25) is 9.59 Å². The molecule has 188 valence electrons. The van der Waals surface area contributed by atoms with Crippen LogP contribution in [-0.2, 0) is 0 Å². The van der Waals surface area contributed by atoms with Gasteiger partial charge >= 0.3 is 0 Å². The summed E-state index contributed by atoms with van der Waals surface area (Å²) in [6, 6.07) is 20.1. The zero-order valence-electron chi connectivity index (χ0n) is 21.0. The molecule has 0 radical (unpaired) electrons. The number of fused-ring (bicyclic) bond motifs is 1. The van der Waals surface area contributed by atoms with Crippen molar-refractivity contribution in [2.24, 2.45) is 5.92 Å². The van der Waals surface area contributed by atoms with Crippen LogP contribution in [0.1, 0.15) is 59.2 Å². The van der Waals surface area contributed by atoms with Crippen LogP contribution in [0.5, 0.6) is 5.75 Å². The van der Waals surface area contributed by atoms with Gasteiger partial charge in [-0.25, -0.2) is 4.98 Å². The molecule has 3 aromatic carbocycles. The lowest BCUT2D eigenvalue weighted by Gasteiger charge is -2.16. The Kier molecular flexibility index (Phi) is 7.17. The Bertz CT molecular complexity index is 1430. The van der Waals surface area contributed by atoms with E-state index >= 15 is 0 Å². The molecule has 1 saturated carbocycles. The number of H-pyrrole nitrogens is 1. The molecule has 5 rings (SSSR count). The first-order valence-electron chi connectivity index (χ1n) is 12.8. The van der Waals surface area contributed by atoms with Crippen molar-refractivity contribution in [3.63, 3.8) is 0 Å². The van der Waals surface area contributed by atoms with E-state index < -0.39 is 0 Å². The van der Waals surface area contributed by atoms with Gasteiger partial charge in [0.15, 0.2) is 5.78 Å². The predicted octanol–water partition coefficient (Wildman–Crippen LogP) is 7.20. The van der Waals surface area contributed by atoms with Gasteiger partial charge < -0.3 is 15.0 Å². The number of methoxy groups -OCH3 is 1. The molecule has 0 atom stereocenters. The number of nitrogens with one attached hydrogen (secondary N) is 2. The number of ketones is 1. The lowest BCUT2D eigenvalue weighted by atomic mass is 9.87. The molecule has 6 heteroatoms. The van der Waals surface area contributed by atoms with Gasteiger partial charge in [0, 0.05) is 22.4 Å². The van der Waals surface area contributed by atoms with Crippen LogP contribution in [0.15, 0.2) is 78.9 Å². The summed E-state index contributed by atoms with van der Waals surface area (Å²) in [6.07, 6.45) is 6.94. The summed E-state index contributed by atoms with van der Waals surface area (Å²) >= 11 is 0. The summed E-state index contributed by atoms with van der Waals surface area (Å²) in [7, 11) is 1.59. The number of anilines is 1. The normalized spacial score (nSPS) is 14.2. The number of rotatable bonds is 7. The molecule has 0 saturated heterocycles. The molecule has 1 fully saturated rings. The summed E-state index contributed by atoms with van der Waals surface area (Å²) in [5.74, 6) is 1.53. The Morgan fingerprint density at radius 2 is 1.59 bits per heavy atom. The fraction of sp³-hybridized carbons (Fsp3) is 0.258. The third kappa shape index (κ3) is 5.48. The van der Waals surface area contributed by atoms with E-state index in [1.807, 2.05) is 42.5 Å². The van der Waals surface area contributed by atoms with Crippen molar-refractivity contribution in [1.82, 2.24) is 9.97 Å². The van der Waals surface area contributed by atoms with Crippen molar-refractivity contribution in [1.29, 1.82) is 0 Å². The maximum absolute atomic E-state index is 13.2. The van der Waals surface area contributed by atoms with Crippen molar-refractivity contribution in [3.8, 4) is 17.1 Å². The lowest BCUT2D eigenvalue weighted by Crippen LogP contribution is -2.12. The van der Waals surface area contributed by atoms with Crippen molar-refractivity contribution in [3.05, 3.63) is 90.0 Å². The van der Waals surface area contributed by atoms with Gasteiger partial charge in [-0.2, -0.15) is 0 Å². The quantitative estimate of drug-likeness (QED) is 0.162. The highest BCUT2D eigenvalue weighted by Gasteiger charge is 2.22. The number of imidazole rings is 1. The number of aromatic amines is 1. The second-order valence-electron chi connectivity index (χ2n) is 9.62. The van der Waals surface area contributed by atoms with Gasteiger partial charge in [0.2, 0.25) is 0 Å². The number of benzene rings is 3. The van der Waals surface area contributed by atoms with E-state index in [1.165, 1.54) is 25.7 Å². The minimum atomic E-state index is -0.193. The molecule has 37 heavy (non-hydrogen) atoms. The van der Waals surface area contributed by atoms with Crippen LogP contribution in [-0.4, -0.2) is 28.8 Å². The molecular weight excluding hydrogens is 462 g/mol. The average molecular weight is 494 g/mol. The topological polar surface area (TPSA) is 84.1 Å². The van der Waals surface area contributed by atoms with Crippen LogP contribution in [0.25, 0.3) is 22.4 Å². The zero-order valence-corrected chi connectivity index (χ0v) is 21.0. The summed E-state index contributed by atoms with van der Waals surface area (Å²) in [6.45, 7) is 4.17. The molecule has 0 bridgehead atoms. The monoisotopic (exact) mass is 493 g/mol. The average Bonchev–Trinajstić information content (AvgIpc) is 3.17. The molecule has 0 aliphatic heterocycles. The standard InChI is InChI=1S/C31H31N3O3/c1-20(21-7-5-3-4-6-8-21)29(35)24-13-18-27-28(19-24)34-30(33-27)22-9-14-25(15-10-22)32-31(36)23-11-16-26(37-2)17-12-23/h9-19,21H,1,3-8H2,2H3,(H,32,36)(H,33,34). The first kappa shape index (κ1) is 24.5. The van der Waals surface area contributed by atoms with E-state index in [2.05, 4.69) is 16.9 Å². The Balaban J connectivity index is 1.29. The zero-order chi connectivity index (χ0) is 25.8. The van der Waals surface area contributed by atoms with Crippen molar-refractivity contribution in [2.45, 2.75) is 38.5 Å². The number of nitrogens with zero attached hydrogens (tertiary/aromatic N) is 1. The highest BCUT2D eigenvalue weighted by molar-refractivity contribution is 6.10. The van der Waals surface area contributed by atoms with Crippen LogP contribution in [0.3, 0.4) is 0 Å². The van der Waals surface area contributed by atoms with Crippen LogP contribution in [0.2, 0.25) is 0 Å². The first-order valence-corrected chi connectivity index (χ1v) is 12.8. The number of Topliss-reactive ketones (excluding diaryl/α,β-unsaturated/α-hetero) is 1. The number of carbonyl (C=O) groups is 2. The van der Waals surface area contributed by atoms with Crippen LogP contribution in [0.4, 0.5) is 5.69 Å². The highest BCUT2D eigenvalue weighted by Crippen LogP contribution is 2.30. The molecule has 1 aliphatic rings. The number of allylic oxidation sites excluding steroid dienone is 1. The minimum Gasteiger partial charge on any atom is -0.497 e. The molecule has 1 amide bonds. The molecular formula is C31H31N3O3. The van der Waals surface area contributed by atoms with Crippen molar-refractivity contribution < 1.29 is 14.3 Å². The smallest absolute Gasteiger partial charge is 0.255 e. The SMILES string of the molecule is C=C(C(=O)c1ccc2nc(-c3ccc(NC(=O)c4ccc(OC)cc4)cc3)[nH]c2c1)C1CCCCCC1. The molecule has 1 heterocycles. The van der Waals surface area contributed by atoms with Gasteiger partial charge in [-0.05, 0) is 91.1 Å². The summed E-state index contributed by atoms with van der Waals surface area (Å²) in [5.41, 5.74) is 5.10. The molecule has 4 aromatic rings. The molecule has 0 spiro atoms. The second kappa shape index (κ2) is 10.8. The number of hydrogen-bond donors (Lipinski definition) is 2. The van der Waals surface area contributed by atoms with Crippen LogP contribution >= 0.6 is 0 Å². The summed E-state index contributed by atoms with van der Waals surface area (Å²) in [4.78, 5) is 33.7. The predicted molar refractivity (Wildman–Crippen MR) is 147 cm³/mol. The lowest BCUT2D eigenvalue weighted by molar-refractivity contribution is 0.101. The van der Waals surface area contributed by atoms with Gasteiger partial charge in [-0.15, -0.1) is 0 Å². The third-order valence-corrected chi connectivity index (χ3v) is 7.15. The molecule has 1 aliphatic carbocycles. The number of aromatic nitrogens is 2. The van der Waals surface area contributed by atoms with E-state index in [-0.39, 0.29) is 17.6 Å². The number of hydrogen-bond acceptors (Lipinski definition) is 4. The van der Waals surface area contributed by atoms with Gasteiger partial charge in [-0.1, -0.05) is 32.3 Å². The fourth-order valence-electron chi connectivity index (χ4n) is 4.94. The Hall–Kier alpha value is -4.19.